The molecule has 0 radical (unpaired) electrons. The van der Waals surface area contributed by atoms with Crippen LogP contribution < -0.4 is 0 Å². The quantitative estimate of drug-likeness (QED) is 0.178. The van der Waals surface area contributed by atoms with Crippen molar-refractivity contribution < 1.29 is 0 Å². The number of aromatic nitrogens is 4. The van der Waals surface area contributed by atoms with Gasteiger partial charge in [-0.15, -0.1) is 0 Å². The molecule has 3 heterocycles. The van der Waals surface area contributed by atoms with Crippen LogP contribution in [0, 0.1) is 5.92 Å². The highest BCUT2D eigenvalue weighted by molar-refractivity contribution is 6.13. The zero-order valence-corrected chi connectivity index (χ0v) is 33.9. The Morgan fingerprint density at radius 2 is 1.08 bits per heavy atom. The lowest BCUT2D eigenvalue weighted by molar-refractivity contribution is 0.395. The van der Waals surface area contributed by atoms with Gasteiger partial charge in [0, 0.05) is 38.2 Å². The van der Waals surface area contributed by atoms with E-state index in [1.54, 1.807) is 0 Å². The van der Waals surface area contributed by atoms with Gasteiger partial charge in [0.25, 0.3) is 0 Å². The van der Waals surface area contributed by atoms with Crippen molar-refractivity contribution in [1.29, 1.82) is 0 Å². The molecule has 0 fully saturated rings. The Bertz CT molecular complexity index is 3700. The fourth-order valence-corrected chi connectivity index (χ4v) is 10.9. The van der Waals surface area contributed by atoms with Gasteiger partial charge in [-0.05, 0) is 93.1 Å². The van der Waals surface area contributed by atoms with Crippen LogP contribution in [-0.2, 0) is 5.41 Å². The van der Waals surface area contributed by atoms with Gasteiger partial charge in [-0.25, -0.2) is 9.97 Å². The number of rotatable bonds is 4. The third kappa shape index (κ3) is 4.93. The third-order valence-electron chi connectivity index (χ3n) is 13.8. The summed E-state index contributed by atoms with van der Waals surface area (Å²) < 4.78 is 4.69. The second kappa shape index (κ2) is 12.7. The van der Waals surface area contributed by atoms with Crippen LogP contribution in [0.15, 0.2) is 194 Å². The van der Waals surface area contributed by atoms with E-state index in [4.69, 9.17) is 9.97 Å². The van der Waals surface area contributed by atoms with Crippen molar-refractivity contribution in [3.05, 3.63) is 211 Å². The van der Waals surface area contributed by atoms with Crippen LogP contribution in [0.2, 0.25) is 0 Å². The molecule has 0 aliphatic heterocycles. The number of nitrogens with zero attached hydrogens (tertiary/aromatic N) is 4. The molecule has 3 aromatic heterocycles. The maximum Gasteiger partial charge on any atom is 0.235 e. The van der Waals surface area contributed by atoms with Crippen LogP contribution in [0.3, 0.4) is 0 Å². The van der Waals surface area contributed by atoms with E-state index < -0.39 is 0 Å². The van der Waals surface area contributed by atoms with E-state index in [0.717, 1.165) is 33.2 Å². The van der Waals surface area contributed by atoms with Gasteiger partial charge in [-0.1, -0.05) is 159 Å². The predicted molar refractivity (Wildman–Crippen MR) is 254 cm³/mol. The Morgan fingerprint density at radius 1 is 0.492 bits per heavy atom. The van der Waals surface area contributed by atoms with Crippen molar-refractivity contribution >= 4 is 70.9 Å². The van der Waals surface area contributed by atoms with E-state index in [1.165, 1.54) is 71.3 Å². The summed E-state index contributed by atoms with van der Waals surface area (Å²) in [5.74, 6) is 1.38. The van der Waals surface area contributed by atoms with Crippen molar-refractivity contribution in [3.8, 4) is 22.8 Å². The monoisotopic (exact) mass is 780 g/mol. The Kier molecular flexibility index (Phi) is 7.16. The first kappa shape index (κ1) is 34.3. The molecule has 0 spiro atoms. The summed E-state index contributed by atoms with van der Waals surface area (Å²) in [5.41, 5.74) is 14.1. The molecule has 8 aromatic carbocycles. The van der Waals surface area contributed by atoms with E-state index in [2.05, 4.69) is 217 Å². The largest absolute Gasteiger partial charge is 0.309 e. The van der Waals surface area contributed by atoms with E-state index >= 15 is 0 Å². The van der Waals surface area contributed by atoms with Gasteiger partial charge < -0.3 is 4.57 Å². The summed E-state index contributed by atoms with van der Waals surface area (Å²) >= 11 is 0. The molecule has 2 atom stereocenters. The van der Waals surface area contributed by atoms with Gasteiger partial charge in [-0.2, -0.15) is 0 Å². The van der Waals surface area contributed by atoms with Crippen LogP contribution in [0.25, 0.3) is 93.6 Å². The van der Waals surface area contributed by atoms with Crippen LogP contribution in [0.1, 0.15) is 36.6 Å². The topological polar surface area (TPSA) is 35.6 Å². The smallest absolute Gasteiger partial charge is 0.235 e. The second-order valence-corrected chi connectivity index (χ2v) is 17.4. The number of benzene rings is 8. The molecule has 0 amide bonds. The van der Waals surface area contributed by atoms with E-state index in [9.17, 15) is 0 Å². The number of fused-ring (bicyclic) bond motifs is 11. The minimum Gasteiger partial charge on any atom is -0.309 e. The first-order valence-electron chi connectivity index (χ1n) is 21.3. The molecular formula is C57H40N4. The number of hydrogen-bond donors (Lipinski definition) is 0. The van der Waals surface area contributed by atoms with Gasteiger partial charge in [0.1, 0.15) is 0 Å². The molecule has 4 heteroatoms. The van der Waals surface area contributed by atoms with E-state index in [0.29, 0.717) is 17.8 Å². The number of para-hydroxylation sites is 3. The lowest BCUT2D eigenvalue weighted by atomic mass is 9.73. The molecule has 13 rings (SSSR count). The van der Waals surface area contributed by atoms with Crippen LogP contribution in [0.5, 0.6) is 0 Å². The standard InChI is InChI=1S/C57H40N4/c1-57(2)47-21-9-5-17-40(47)41-29-26-38(34-48(41)57)55-44-20-6-10-22-49(44)58-56(59-55)61-52-24-12-8-19-43(52)46-33-37(28-31-54(46)61)36-27-30-53-45(32-36)42-18-7-11-23-51(42)60(53)50-25-13-15-35-14-3-4-16-39(35)50/h3-34,41,48H,1-2H3. The molecule has 288 valence electrons. The average molecular weight is 781 g/mol. The maximum absolute atomic E-state index is 5.50. The van der Waals surface area contributed by atoms with Gasteiger partial charge in [0.15, 0.2) is 0 Å². The van der Waals surface area contributed by atoms with Gasteiger partial charge in [-0.3, -0.25) is 4.57 Å². The van der Waals surface area contributed by atoms with Crippen molar-refractivity contribution in [2.24, 2.45) is 5.92 Å². The van der Waals surface area contributed by atoms with Gasteiger partial charge in [0.2, 0.25) is 5.95 Å². The summed E-state index contributed by atoms with van der Waals surface area (Å²) in [7, 11) is 0. The lowest BCUT2D eigenvalue weighted by Crippen LogP contribution is -2.25. The first-order valence-corrected chi connectivity index (χ1v) is 21.3. The molecule has 2 aliphatic carbocycles. The summed E-state index contributed by atoms with van der Waals surface area (Å²) in [4.78, 5) is 10.8. The molecule has 0 saturated heterocycles. The van der Waals surface area contributed by atoms with Gasteiger partial charge >= 0.3 is 0 Å². The molecular weight excluding hydrogens is 741 g/mol. The zero-order valence-electron chi connectivity index (χ0n) is 33.9. The summed E-state index contributed by atoms with van der Waals surface area (Å²) in [6.45, 7) is 4.78. The Morgan fingerprint density at radius 3 is 1.85 bits per heavy atom. The third-order valence-corrected chi connectivity index (χ3v) is 13.8. The van der Waals surface area contributed by atoms with E-state index in [-0.39, 0.29) is 5.41 Å². The molecule has 0 bridgehead atoms. The fraction of sp³-hybridized carbons (Fsp3) is 0.0877. The summed E-state index contributed by atoms with van der Waals surface area (Å²) in [6, 6.07) is 64.0. The summed E-state index contributed by atoms with van der Waals surface area (Å²) in [6.07, 6.45) is 7.19. The van der Waals surface area contributed by atoms with Crippen molar-refractivity contribution in [3.63, 3.8) is 0 Å². The Labute approximate surface area is 353 Å². The average Bonchev–Trinajstić information content (AvgIpc) is 3.90. The molecule has 0 N–H and O–H groups in total. The van der Waals surface area contributed by atoms with Crippen molar-refractivity contribution in [2.75, 3.05) is 0 Å². The maximum atomic E-state index is 5.50. The fourth-order valence-electron chi connectivity index (χ4n) is 10.9. The summed E-state index contributed by atoms with van der Waals surface area (Å²) in [5, 5.41) is 8.38. The predicted octanol–water partition coefficient (Wildman–Crippen LogP) is 14.3. The first-order chi connectivity index (χ1) is 30.0. The molecule has 2 unspecified atom stereocenters. The van der Waals surface area contributed by atoms with Crippen molar-refractivity contribution in [2.45, 2.75) is 25.2 Å². The molecule has 11 aromatic rings. The van der Waals surface area contributed by atoms with Gasteiger partial charge in [0.05, 0.1) is 39.0 Å². The normalized spacial score (nSPS) is 16.9. The highest BCUT2D eigenvalue weighted by Gasteiger charge is 2.45. The molecule has 4 nitrogen and oxygen atoms in total. The number of hydrogen-bond acceptors (Lipinski definition) is 2. The Balaban J connectivity index is 0.966. The minimum absolute atomic E-state index is 0.00581. The SMILES string of the molecule is CC1(C)c2ccccc2C2C=CC(c3nc(-n4c5ccccc5c5cc(-c6ccc7c(c6)c6ccccc6n7-c6cccc7ccccc67)ccc54)nc4ccccc34)=CC21. The molecule has 2 aliphatic rings. The van der Waals surface area contributed by atoms with Crippen LogP contribution in [0.4, 0.5) is 0 Å². The van der Waals surface area contributed by atoms with Crippen LogP contribution in [-0.4, -0.2) is 19.1 Å². The van der Waals surface area contributed by atoms with E-state index in [1.807, 2.05) is 0 Å². The molecule has 0 saturated carbocycles. The van der Waals surface area contributed by atoms with Crippen LogP contribution >= 0.6 is 0 Å². The second-order valence-electron chi connectivity index (χ2n) is 17.4. The van der Waals surface area contributed by atoms with Crippen molar-refractivity contribution in [1.82, 2.24) is 19.1 Å². The Hall–Kier alpha value is -7.56. The molecule has 61 heavy (non-hydrogen) atoms. The minimum atomic E-state index is 0.00581. The highest BCUT2D eigenvalue weighted by atomic mass is 15.2. The lowest BCUT2D eigenvalue weighted by Gasteiger charge is -2.31. The number of allylic oxidation sites excluding steroid dienone is 4. The highest BCUT2D eigenvalue weighted by Crippen LogP contribution is 2.54. The zero-order chi connectivity index (χ0) is 40.4.